The summed E-state index contributed by atoms with van der Waals surface area (Å²) in [5, 5.41) is 9.41. The summed E-state index contributed by atoms with van der Waals surface area (Å²) in [6.45, 7) is 2.23. The molecule has 0 atom stereocenters. The van der Waals surface area contributed by atoms with Crippen molar-refractivity contribution >= 4 is 17.4 Å². The number of phenols is 1. The van der Waals surface area contributed by atoms with Gasteiger partial charge in [-0.25, -0.2) is 0 Å². The molecule has 2 rings (SSSR count). The average Bonchev–Trinajstić information content (AvgIpc) is 2.45. The molecule has 0 heterocycles. The van der Waals surface area contributed by atoms with E-state index in [9.17, 15) is 5.11 Å². The monoisotopic (exact) mass is 287 g/mol. The van der Waals surface area contributed by atoms with E-state index >= 15 is 0 Å². The van der Waals surface area contributed by atoms with E-state index in [0.717, 1.165) is 11.3 Å². The van der Waals surface area contributed by atoms with Crippen molar-refractivity contribution < 1.29 is 5.11 Å². The molecular weight excluding hydrogens is 266 g/mol. The zero-order valence-corrected chi connectivity index (χ0v) is 12.6. The van der Waals surface area contributed by atoms with Crippen LogP contribution in [0.3, 0.4) is 0 Å². The molecule has 0 aliphatic carbocycles. The fourth-order valence-corrected chi connectivity index (χ4v) is 2.90. The molecule has 0 saturated carbocycles. The number of aryl methyl sites for hydroxylation is 1. The van der Waals surface area contributed by atoms with Gasteiger partial charge in [-0.1, -0.05) is 43.7 Å². The molecule has 0 amide bonds. The van der Waals surface area contributed by atoms with E-state index in [1.54, 1.807) is 23.9 Å². The third-order valence-corrected chi connectivity index (χ3v) is 4.22. The van der Waals surface area contributed by atoms with Crippen LogP contribution in [0.5, 0.6) is 5.75 Å². The zero-order valence-electron chi connectivity index (χ0n) is 11.8. The predicted octanol–water partition coefficient (Wildman–Crippen LogP) is 4.86. The molecule has 0 fully saturated rings. The first-order chi connectivity index (χ1) is 9.69. The molecule has 0 saturated heterocycles. The molecule has 20 heavy (non-hydrogen) atoms. The van der Waals surface area contributed by atoms with E-state index < -0.39 is 0 Å². The minimum absolute atomic E-state index is 0.139. The van der Waals surface area contributed by atoms with Crippen LogP contribution in [0.15, 0.2) is 52.3 Å². The zero-order chi connectivity index (χ0) is 14.4. The Bertz CT molecular complexity index is 551. The van der Waals surface area contributed by atoms with Crippen LogP contribution in [-0.2, 0) is 6.42 Å². The Labute approximate surface area is 125 Å². The molecule has 2 aromatic rings. The molecule has 0 unspecified atom stereocenters. The smallest absolute Gasteiger partial charge is 0.138 e. The largest absolute Gasteiger partial charge is 0.506 e. The molecule has 3 heteroatoms. The van der Waals surface area contributed by atoms with Gasteiger partial charge in [-0.05, 0) is 48.7 Å². The predicted molar refractivity (Wildman–Crippen MR) is 86.3 cm³/mol. The Morgan fingerprint density at radius 1 is 1.00 bits per heavy atom. The van der Waals surface area contributed by atoms with E-state index in [1.807, 2.05) is 6.07 Å². The van der Waals surface area contributed by atoms with E-state index in [0.29, 0.717) is 5.69 Å². The molecule has 2 aromatic carbocycles. The summed E-state index contributed by atoms with van der Waals surface area (Å²) in [5.74, 6) is 0.139. The third-order valence-electron chi connectivity index (χ3n) is 3.23. The Kier molecular flexibility index (Phi) is 5.36. The lowest BCUT2D eigenvalue weighted by Gasteiger charge is -2.06. The van der Waals surface area contributed by atoms with Crippen molar-refractivity contribution in [2.24, 2.45) is 0 Å². The Morgan fingerprint density at radius 3 is 2.35 bits per heavy atom. The quantitative estimate of drug-likeness (QED) is 0.453. The van der Waals surface area contributed by atoms with Crippen LogP contribution < -0.4 is 5.73 Å². The maximum atomic E-state index is 9.41. The van der Waals surface area contributed by atoms with Gasteiger partial charge in [-0.2, -0.15) is 0 Å². The second-order valence-corrected chi connectivity index (χ2v) is 6.07. The Hall–Kier alpha value is -1.61. The van der Waals surface area contributed by atoms with Crippen LogP contribution >= 0.6 is 11.8 Å². The first-order valence-corrected chi connectivity index (χ1v) is 7.86. The lowest BCUT2D eigenvalue weighted by Crippen LogP contribution is -1.86. The van der Waals surface area contributed by atoms with Gasteiger partial charge in [-0.15, -0.1) is 0 Å². The van der Waals surface area contributed by atoms with Crippen LogP contribution in [0.4, 0.5) is 5.69 Å². The normalized spacial score (nSPS) is 10.7. The summed E-state index contributed by atoms with van der Waals surface area (Å²) in [5.41, 5.74) is 7.52. The number of phenolic OH excluding ortho intramolecular Hbond substituents is 1. The number of nitrogens with two attached hydrogens (primary N) is 1. The Balaban J connectivity index is 1.97. The summed E-state index contributed by atoms with van der Waals surface area (Å²) in [6, 6.07) is 14.0. The second kappa shape index (κ2) is 7.25. The van der Waals surface area contributed by atoms with Crippen molar-refractivity contribution in [1.29, 1.82) is 0 Å². The summed E-state index contributed by atoms with van der Waals surface area (Å²) >= 11 is 1.66. The van der Waals surface area contributed by atoms with Crippen LogP contribution in [0.25, 0.3) is 0 Å². The number of benzene rings is 2. The van der Waals surface area contributed by atoms with Crippen molar-refractivity contribution in [3.8, 4) is 5.75 Å². The van der Waals surface area contributed by atoms with E-state index in [4.69, 9.17) is 5.73 Å². The first kappa shape index (κ1) is 14.8. The van der Waals surface area contributed by atoms with Gasteiger partial charge in [0.05, 0.1) is 5.69 Å². The number of anilines is 1. The van der Waals surface area contributed by atoms with Gasteiger partial charge in [0.1, 0.15) is 5.75 Å². The maximum absolute atomic E-state index is 9.41. The van der Waals surface area contributed by atoms with Gasteiger partial charge in [-0.3, -0.25) is 0 Å². The van der Waals surface area contributed by atoms with E-state index in [2.05, 4.69) is 31.2 Å². The lowest BCUT2D eigenvalue weighted by molar-refractivity contribution is 0.477. The molecule has 3 N–H and O–H groups in total. The molecule has 0 bridgehead atoms. The average molecular weight is 287 g/mol. The van der Waals surface area contributed by atoms with Crippen molar-refractivity contribution in [1.82, 2.24) is 0 Å². The van der Waals surface area contributed by atoms with Gasteiger partial charge < -0.3 is 10.8 Å². The van der Waals surface area contributed by atoms with Gasteiger partial charge in [0.15, 0.2) is 0 Å². The number of unbranched alkanes of at least 4 members (excludes halogenated alkanes) is 2. The van der Waals surface area contributed by atoms with Gasteiger partial charge >= 0.3 is 0 Å². The van der Waals surface area contributed by atoms with E-state index in [-0.39, 0.29) is 5.75 Å². The van der Waals surface area contributed by atoms with Crippen LogP contribution in [0.1, 0.15) is 31.7 Å². The van der Waals surface area contributed by atoms with Crippen molar-refractivity contribution in [2.45, 2.75) is 42.4 Å². The maximum Gasteiger partial charge on any atom is 0.138 e. The lowest BCUT2D eigenvalue weighted by atomic mass is 10.1. The van der Waals surface area contributed by atoms with E-state index in [1.165, 1.54) is 29.7 Å². The number of aromatic hydroxyl groups is 1. The minimum atomic E-state index is 0.139. The fraction of sp³-hybridized carbons (Fsp3) is 0.294. The molecule has 2 nitrogen and oxygen atoms in total. The molecule has 0 aliphatic rings. The highest BCUT2D eigenvalue weighted by atomic mass is 32.2. The highest BCUT2D eigenvalue weighted by Gasteiger charge is 2.02. The first-order valence-electron chi connectivity index (χ1n) is 7.04. The Morgan fingerprint density at radius 2 is 1.70 bits per heavy atom. The SMILES string of the molecule is CCCCCc1ccc(Sc2ccc(O)c(N)c2)cc1. The molecule has 0 spiro atoms. The molecule has 0 aliphatic heterocycles. The standard InChI is InChI=1S/C17H21NOS/c1-2-3-4-5-13-6-8-14(9-7-13)20-15-10-11-17(19)16(18)12-15/h6-12,19H,2-5,18H2,1H3. The van der Waals surface area contributed by atoms with Crippen LogP contribution in [-0.4, -0.2) is 5.11 Å². The van der Waals surface area contributed by atoms with Gasteiger partial charge in [0, 0.05) is 9.79 Å². The van der Waals surface area contributed by atoms with Crippen LogP contribution in [0, 0.1) is 0 Å². The number of hydrogen-bond acceptors (Lipinski definition) is 3. The molecular formula is C17H21NOS. The number of hydrogen-bond donors (Lipinski definition) is 2. The summed E-state index contributed by atoms with van der Waals surface area (Å²) in [4.78, 5) is 2.23. The summed E-state index contributed by atoms with van der Waals surface area (Å²) < 4.78 is 0. The third kappa shape index (κ3) is 4.20. The van der Waals surface area contributed by atoms with Crippen molar-refractivity contribution in [3.63, 3.8) is 0 Å². The number of rotatable bonds is 6. The van der Waals surface area contributed by atoms with Crippen molar-refractivity contribution in [2.75, 3.05) is 5.73 Å². The topological polar surface area (TPSA) is 46.2 Å². The summed E-state index contributed by atoms with van der Waals surface area (Å²) in [6.07, 6.45) is 4.97. The minimum Gasteiger partial charge on any atom is -0.506 e. The van der Waals surface area contributed by atoms with Gasteiger partial charge in [0.2, 0.25) is 0 Å². The number of nitrogen functional groups attached to an aromatic ring is 1. The highest BCUT2D eigenvalue weighted by molar-refractivity contribution is 7.99. The van der Waals surface area contributed by atoms with Crippen molar-refractivity contribution in [3.05, 3.63) is 48.0 Å². The highest BCUT2D eigenvalue weighted by Crippen LogP contribution is 2.32. The molecule has 106 valence electrons. The fourth-order valence-electron chi connectivity index (χ4n) is 2.04. The molecule has 0 radical (unpaired) electrons. The van der Waals surface area contributed by atoms with Crippen LogP contribution in [0.2, 0.25) is 0 Å². The van der Waals surface area contributed by atoms with Gasteiger partial charge in [0.25, 0.3) is 0 Å². The molecule has 0 aromatic heterocycles. The summed E-state index contributed by atoms with van der Waals surface area (Å²) in [7, 11) is 0. The second-order valence-electron chi connectivity index (χ2n) is 4.92.